The zero-order valence-corrected chi connectivity index (χ0v) is 6.84. The lowest BCUT2D eigenvalue weighted by Crippen LogP contribution is -2.31. The number of hydrogen-bond acceptors (Lipinski definition) is 1. The normalized spacial score (nSPS) is 20.1. The number of anilines is 1. The molecule has 0 fully saturated rings. The van der Waals surface area contributed by atoms with Gasteiger partial charge < -0.3 is 4.90 Å². The van der Waals surface area contributed by atoms with Crippen molar-refractivity contribution in [1.29, 1.82) is 0 Å². The Morgan fingerprint density at radius 2 is 2.23 bits per heavy atom. The third-order valence-corrected chi connectivity index (χ3v) is 2.08. The molecule has 0 atom stereocenters. The van der Waals surface area contributed by atoms with E-state index in [0.29, 0.717) is 0 Å². The van der Waals surface area contributed by atoms with Crippen LogP contribution in [0.25, 0.3) is 0 Å². The van der Waals surface area contributed by atoms with Gasteiger partial charge in [0, 0.05) is 7.05 Å². The van der Waals surface area contributed by atoms with Crippen LogP contribution in [0.4, 0.5) is 14.5 Å². The molecule has 0 radical (unpaired) electrons. The zero-order chi connectivity index (χ0) is 10.5. The largest absolute Gasteiger partial charge is 0.352 e. The van der Waals surface area contributed by atoms with Crippen LogP contribution in [-0.4, -0.2) is 13.0 Å². The van der Waals surface area contributed by atoms with Crippen molar-refractivity contribution in [3.8, 4) is 0 Å². The molecule has 1 aliphatic heterocycles. The van der Waals surface area contributed by atoms with E-state index in [-0.39, 0.29) is 17.3 Å². The topological polar surface area (TPSA) is 20.3 Å². The van der Waals surface area contributed by atoms with Gasteiger partial charge in [-0.05, 0) is 6.04 Å². The molecule has 0 bridgehead atoms. The van der Waals surface area contributed by atoms with E-state index in [2.05, 4.69) is 0 Å². The van der Waals surface area contributed by atoms with Gasteiger partial charge in [0.25, 0.3) is 0 Å². The number of alkyl halides is 2. The van der Waals surface area contributed by atoms with Gasteiger partial charge in [0.05, 0.1) is 12.6 Å². The van der Waals surface area contributed by atoms with Crippen molar-refractivity contribution in [2.24, 2.45) is 0 Å². The molecule has 4 heteroatoms. The fourth-order valence-electron chi connectivity index (χ4n) is 1.39. The highest BCUT2D eigenvalue weighted by molar-refractivity contribution is 6.05. The highest BCUT2D eigenvalue weighted by Crippen LogP contribution is 2.42. The number of halogens is 2. The molecule has 0 N–H and O–H groups in total. The minimum atomic E-state index is -3.48. The Labute approximate surface area is 75.2 Å². The van der Waals surface area contributed by atoms with Gasteiger partial charge >= 0.3 is 11.8 Å². The summed E-state index contributed by atoms with van der Waals surface area (Å²) >= 11 is 0. The van der Waals surface area contributed by atoms with Gasteiger partial charge in [0.2, 0.25) is 0 Å². The molecule has 13 heavy (non-hydrogen) atoms. The Bertz CT molecular complexity index is 419. The molecule has 1 aliphatic rings. The van der Waals surface area contributed by atoms with Crippen LogP contribution in [-0.2, 0) is 10.7 Å². The first-order valence-electron chi connectivity index (χ1n) is 4.22. The highest BCUT2D eigenvalue weighted by Gasteiger charge is 2.51. The van der Waals surface area contributed by atoms with Gasteiger partial charge in [-0.1, -0.05) is 18.2 Å². The summed E-state index contributed by atoms with van der Waals surface area (Å²) in [7, 11) is 1.25. The zero-order valence-electron chi connectivity index (χ0n) is 7.84. The van der Waals surface area contributed by atoms with Crippen LogP contribution < -0.4 is 4.90 Å². The average Bonchev–Trinajstić information content (AvgIpc) is 2.30. The molecule has 68 valence electrons. The van der Waals surface area contributed by atoms with Gasteiger partial charge in [0.15, 0.2) is 0 Å². The number of carbonyl (C=O) groups excluding carboxylic acids is 1. The molecule has 2 rings (SSSR count). The number of carbonyl (C=O) groups is 1. The standard InChI is InChI=1S/C9H7F2NO/c1-12-7-5-3-2-4-6(7)9(10,11)8(12)13/h2-5H,1H3/i5D. The summed E-state index contributed by atoms with van der Waals surface area (Å²) in [5.74, 6) is -4.76. The third-order valence-electron chi connectivity index (χ3n) is 2.08. The van der Waals surface area contributed by atoms with Crippen LogP contribution in [0.1, 0.15) is 6.93 Å². The first-order chi connectivity index (χ1) is 6.46. The smallest absolute Gasteiger partial charge is 0.309 e. The number of hydrogen-bond donors (Lipinski definition) is 0. The molecule has 0 saturated carbocycles. The monoisotopic (exact) mass is 184 g/mol. The van der Waals surface area contributed by atoms with Crippen molar-refractivity contribution in [2.45, 2.75) is 5.92 Å². The summed E-state index contributed by atoms with van der Waals surface area (Å²) in [5.41, 5.74) is -0.375. The predicted octanol–water partition coefficient (Wildman–Crippen LogP) is 1.75. The summed E-state index contributed by atoms with van der Waals surface area (Å²) in [6.45, 7) is 0. The number of nitrogens with zero attached hydrogens (tertiary/aromatic N) is 1. The molecule has 0 saturated heterocycles. The van der Waals surface area contributed by atoms with Crippen molar-refractivity contribution >= 4 is 11.6 Å². The predicted molar refractivity (Wildman–Crippen MR) is 43.7 cm³/mol. The first-order valence-corrected chi connectivity index (χ1v) is 3.72. The van der Waals surface area contributed by atoms with E-state index in [4.69, 9.17) is 1.37 Å². The van der Waals surface area contributed by atoms with Crippen molar-refractivity contribution in [2.75, 3.05) is 11.9 Å². The van der Waals surface area contributed by atoms with Crippen molar-refractivity contribution in [3.05, 3.63) is 29.8 Å². The van der Waals surface area contributed by atoms with Crippen LogP contribution in [0.2, 0.25) is 0 Å². The summed E-state index contributed by atoms with van der Waals surface area (Å²) < 4.78 is 34.0. The van der Waals surface area contributed by atoms with E-state index < -0.39 is 11.8 Å². The Balaban J connectivity index is 2.74. The van der Waals surface area contributed by atoms with Gasteiger partial charge in [-0.15, -0.1) is 0 Å². The van der Waals surface area contributed by atoms with Crippen LogP contribution >= 0.6 is 0 Å². The van der Waals surface area contributed by atoms with Crippen molar-refractivity contribution in [1.82, 2.24) is 0 Å². The molecular weight excluding hydrogens is 176 g/mol. The number of likely N-dealkylation sites (N-methyl/N-ethyl adjacent to an activating group) is 1. The van der Waals surface area contributed by atoms with Crippen molar-refractivity contribution < 1.29 is 14.9 Å². The van der Waals surface area contributed by atoms with E-state index in [1.165, 1.54) is 25.2 Å². The molecule has 0 aliphatic carbocycles. The van der Waals surface area contributed by atoms with E-state index in [0.717, 1.165) is 4.90 Å². The third kappa shape index (κ3) is 0.883. The maximum absolute atomic E-state index is 13.3. The lowest BCUT2D eigenvalue weighted by Gasteiger charge is -2.08. The molecule has 2 nitrogen and oxygen atoms in total. The summed E-state index contributed by atoms with van der Waals surface area (Å²) in [6, 6.07) is 3.84. The summed E-state index contributed by atoms with van der Waals surface area (Å²) in [5, 5.41) is 0. The molecule has 1 aromatic carbocycles. The lowest BCUT2D eigenvalue weighted by atomic mass is 10.1. The Morgan fingerprint density at radius 1 is 1.54 bits per heavy atom. The van der Waals surface area contributed by atoms with Crippen LogP contribution in [0.15, 0.2) is 24.2 Å². The average molecular weight is 184 g/mol. The van der Waals surface area contributed by atoms with E-state index in [1.807, 2.05) is 0 Å². The second-order valence-electron chi connectivity index (χ2n) is 2.87. The van der Waals surface area contributed by atoms with Gasteiger partial charge in [-0.3, -0.25) is 4.79 Å². The van der Waals surface area contributed by atoms with Crippen LogP contribution in [0.5, 0.6) is 0 Å². The number of amides is 1. The highest BCUT2D eigenvalue weighted by atomic mass is 19.3. The molecule has 1 heterocycles. The minimum absolute atomic E-state index is 0.00231. The SMILES string of the molecule is [2H]c1cccc2c1N(C)C(=O)C2(F)F. The van der Waals surface area contributed by atoms with Crippen LogP contribution in [0.3, 0.4) is 0 Å². The fraction of sp³-hybridized carbons (Fsp3) is 0.222. The van der Waals surface area contributed by atoms with Crippen LogP contribution in [0, 0.1) is 0 Å². The van der Waals surface area contributed by atoms with Crippen molar-refractivity contribution in [3.63, 3.8) is 0 Å². The molecule has 0 spiro atoms. The first kappa shape index (κ1) is 7.00. The molecule has 1 amide bonds. The Kier molecular flexibility index (Phi) is 1.23. The fourth-order valence-corrected chi connectivity index (χ4v) is 1.39. The van der Waals surface area contributed by atoms with Gasteiger partial charge in [-0.25, -0.2) is 0 Å². The molecule has 1 aromatic rings. The number of para-hydroxylation sites is 1. The lowest BCUT2D eigenvalue weighted by molar-refractivity contribution is -0.141. The maximum Gasteiger partial charge on any atom is 0.352 e. The number of benzene rings is 1. The maximum atomic E-state index is 13.3. The molecule has 0 unspecified atom stereocenters. The van der Waals surface area contributed by atoms with E-state index in [1.54, 1.807) is 0 Å². The summed E-state index contributed by atoms with van der Waals surface area (Å²) in [6.07, 6.45) is 0. The Morgan fingerprint density at radius 3 is 2.85 bits per heavy atom. The van der Waals surface area contributed by atoms with Gasteiger partial charge in [-0.2, -0.15) is 8.78 Å². The number of rotatable bonds is 0. The summed E-state index contributed by atoms with van der Waals surface area (Å²) in [4.78, 5) is 12.0. The Hall–Kier alpha value is -1.45. The van der Waals surface area contributed by atoms with E-state index >= 15 is 0 Å². The molecule has 0 aromatic heterocycles. The second-order valence-corrected chi connectivity index (χ2v) is 2.87. The quantitative estimate of drug-likeness (QED) is 0.601. The molecular formula is C9H7F2NO. The minimum Gasteiger partial charge on any atom is -0.309 e. The number of fused-ring (bicyclic) bond motifs is 1. The van der Waals surface area contributed by atoms with E-state index in [9.17, 15) is 13.6 Å². The second kappa shape index (κ2) is 2.28. The van der Waals surface area contributed by atoms with Gasteiger partial charge in [0.1, 0.15) is 0 Å².